The first-order valence-electron chi connectivity index (χ1n) is 5.11. The third-order valence-electron chi connectivity index (χ3n) is 2.63. The quantitative estimate of drug-likeness (QED) is 0.554. The van der Waals surface area contributed by atoms with E-state index in [2.05, 4.69) is 36.5 Å². The molecule has 0 aromatic carbocycles. The van der Waals surface area contributed by atoms with Gasteiger partial charge in [0.25, 0.3) is 0 Å². The minimum Gasteiger partial charge on any atom is -0.0844 e. The summed E-state index contributed by atoms with van der Waals surface area (Å²) in [5, 5.41) is 0. The molecular formula is C13H16. The third-order valence-corrected chi connectivity index (χ3v) is 2.63. The second-order valence-electron chi connectivity index (χ2n) is 3.72. The highest BCUT2D eigenvalue weighted by Gasteiger charge is 2.03. The number of rotatable bonds is 2. The Morgan fingerprint density at radius 2 is 1.31 bits per heavy atom. The van der Waals surface area contributed by atoms with Gasteiger partial charge in [0.1, 0.15) is 0 Å². The predicted molar refractivity (Wildman–Crippen MR) is 57.5 cm³/mol. The molecule has 0 aromatic rings. The Morgan fingerprint density at radius 1 is 0.769 bits per heavy atom. The van der Waals surface area contributed by atoms with E-state index in [0.717, 1.165) is 12.8 Å². The van der Waals surface area contributed by atoms with Crippen LogP contribution in [0.2, 0.25) is 0 Å². The van der Waals surface area contributed by atoms with Gasteiger partial charge in [-0.25, -0.2) is 0 Å². The summed E-state index contributed by atoms with van der Waals surface area (Å²) < 4.78 is 0. The van der Waals surface area contributed by atoms with Gasteiger partial charge in [0.15, 0.2) is 0 Å². The van der Waals surface area contributed by atoms with E-state index in [4.69, 9.17) is 0 Å². The summed E-state index contributed by atoms with van der Waals surface area (Å²) in [6.45, 7) is 0. The summed E-state index contributed by atoms with van der Waals surface area (Å²) >= 11 is 0. The fraction of sp³-hybridized carbons (Fsp3) is 0.385. The molecule has 0 heteroatoms. The number of hydrogen-bond donors (Lipinski definition) is 0. The Kier molecular flexibility index (Phi) is 2.81. The normalized spacial score (nSPS) is 21.2. The fourth-order valence-corrected chi connectivity index (χ4v) is 1.88. The largest absolute Gasteiger partial charge is 0.0844 e. The molecule has 0 saturated carbocycles. The van der Waals surface area contributed by atoms with Gasteiger partial charge in [-0.3, -0.25) is 0 Å². The second kappa shape index (κ2) is 4.27. The Labute approximate surface area is 80.3 Å². The molecule has 0 heterocycles. The van der Waals surface area contributed by atoms with E-state index in [9.17, 15) is 0 Å². The zero-order valence-corrected chi connectivity index (χ0v) is 8.00. The van der Waals surface area contributed by atoms with Crippen molar-refractivity contribution in [1.29, 1.82) is 0 Å². The third kappa shape index (κ3) is 2.45. The smallest absolute Gasteiger partial charge is 0.0102 e. The molecule has 0 bridgehead atoms. The summed E-state index contributed by atoms with van der Waals surface area (Å²) in [6, 6.07) is 0. The Hall–Kier alpha value is -1.04. The van der Waals surface area contributed by atoms with Crippen LogP contribution in [0.25, 0.3) is 0 Å². The summed E-state index contributed by atoms with van der Waals surface area (Å²) in [6.07, 6.45) is 19.6. The molecule has 0 unspecified atom stereocenters. The van der Waals surface area contributed by atoms with Crippen LogP contribution in [-0.4, -0.2) is 0 Å². The molecule has 2 rings (SSSR count). The lowest BCUT2D eigenvalue weighted by atomic mass is 9.94. The van der Waals surface area contributed by atoms with Crippen LogP contribution >= 0.6 is 0 Å². The fourth-order valence-electron chi connectivity index (χ4n) is 1.88. The molecule has 0 atom stereocenters. The topological polar surface area (TPSA) is 0 Å². The van der Waals surface area contributed by atoms with Gasteiger partial charge in [-0.1, -0.05) is 47.6 Å². The molecule has 0 N–H and O–H groups in total. The Morgan fingerprint density at radius 3 is 1.69 bits per heavy atom. The van der Waals surface area contributed by atoms with Gasteiger partial charge in [-0.15, -0.1) is 0 Å². The molecule has 0 aliphatic heterocycles. The van der Waals surface area contributed by atoms with Gasteiger partial charge in [0.05, 0.1) is 0 Å². The van der Waals surface area contributed by atoms with Crippen LogP contribution in [0.15, 0.2) is 47.6 Å². The van der Waals surface area contributed by atoms with E-state index in [0.29, 0.717) is 0 Å². The minimum absolute atomic E-state index is 1.14. The molecule has 2 aliphatic rings. The Balaban J connectivity index is 1.90. The van der Waals surface area contributed by atoms with Crippen LogP contribution in [0.3, 0.4) is 0 Å². The molecule has 0 aromatic heterocycles. The van der Waals surface area contributed by atoms with Gasteiger partial charge >= 0.3 is 0 Å². The van der Waals surface area contributed by atoms with Crippen molar-refractivity contribution in [3.05, 3.63) is 47.6 Å². The van der Waals surface area contributed by atoms with Crippen molar-refractivity contribution >= 4 is 0 Å². The van der Waals surface area contributed by atoms with Crippen LogP contribution in [0.4, 0.5) is 0 Å². The highest BCUT2D eigenvalue weighted by Crippen LogP contribution is 2.23. The lowest BCUT2D eigenvalue weighted by Crippen LogP contribution is -1.92. The summed E-state index contributed by atoms with van der Waals surface area (Å²) in [4.78, 5) is 0. The van der Waals surface area contributed by atoms with Crippen LogP contribution in [0.1, 0.15) is 32.1 Å². The maximum Gasteiger partial charge on any atom is -0.0102 e. The van der Waals surface area contributed by atoms with Gasteiger partial charge in [0.2, 0.25) is 0 Å². The maximum atomic E-state index is 2.37. The van der Waals surface area contributed by atoms with Crippen LogP contribution in [0, 0.1) is 0 Å². The highest BCUT2D eigenvalue weighted by atomic mass is 14.1. The molecule has 0 fully saturated rings. The molecule has 13 heavy (non-hydrogen) atoms. The lowest BCUT2D eigenvalue weighted by molar-refractivity contribution is 0.951. The second-order valence-corrected chi connectivity index (χ2v) is 3.72. The van der Waals surface area contributed by atoms with Crippen molar-refractivity contribution in [2.24, 2.45) is 0 Å². The van der Waals surface area contributed by atoms with Crippen molar-refractivity contribution in [3.8, 4) is 0 Å². The standard InChI is InChI=1S/C13H16/c1-3-7-12(8-4-1)11-13-9-5-2-6-10-13/h1-3,5,8,10H,4,6-7,9,11H2. The van der Waals surface area contributed by atoms with E-state index in [1.165, 1.54) is 19.3 Å². The molecular weight excluding hydrogens is 156 g/mol. The average molecular weight is 172 g/mol. The van der Waals surface area contributed by atoms with E-state index in [-0.39, 0.29) is 0 Å². The number of hydrogen-bond acceptors (Lipinski definition) is 0. The van der Waals surface area contributed by atoms with Crippen molar-refractivity contribution in [3.63, 3.8) is 0 Å². The molecule has 0 nitrogen and oxygen atoms in total. The van der Waals surface area contributed by atoms with Gasteiger partial charge in [-0.05, 0) is 32.1 Å². The molecule has 2 aliphatic carbocycles. The van der Waals surface area contributed by atoms with Crippen molar-refractivity contribution < 1.29 is 0 Å². The molecule has 68 valence electrons. The van der Waals surface area contributed by atoms with E-state index < -0.39 is 0 Å². The molecule has 0 saturated heterocycles. The highest BCUT2D eigenvalue weighted by molar-refractivity contribution is 5.25. The zero-order valence-electron chi connectivity index (χ0n) is 8.00. The first kappa shape index (κ1) is 8.55. The molecule has 0 amide bonds. The monoisotopic (exact) mass is 172 g/mol. The van der Waals surface area contributed by atoms with E-state index in [1.807, 2.05) is 0 Å². The molecule has 0 radical (unpaired) electrons. The summed E-state index contributed by atoms with van der Waals surface area (Å²) in [7, 11) is 0. The van der Waals surface area contributed by atoms with Gasteiger partial charge in [-0.2, -0.15) is 0 Å². The van der Waals surface area contributed by atoms with Crippen molar-refractivity contribution in [2.75, 3.05) is 0 Å². The van der Waals surface area contributed by atoms with E-state index >= 15 is 0 Å². The first-order valence-corrected chi connectivity index (χ1v) is 5.11. The summed E-state index contributed by atoms with van der Waals surface area (Å²) in [5.74, 6) is 0. The van der Waals surface area contributed by atoms with Crippen LogP contribution in [0.5, 0.6) is 0 Å². The zero-order chi connectivity index (χ0) is 8.93. The van der Waals surface area contributed by atoms with Gasteiger partial charge in [0, 0.05) is 0 Å². The van der Waals surface area contributed by atoms with Crippen molar-refractivity contribution in [1.82, 2.24) is 0 Å². The minimum atomic E-state index is 1.14. The first-order chi connectivity index (χ1) is 6.45. The Bertz CT molecular complexity index is 257. The van der Waals surface area contributed by atoms with Crippen molar-refractivity contribution in [2.45, 2.75) is 32.1 Å². The molecule has 0 spiro atoms. The predicted octanol–water partition coefficient (Wildman–Crippen LogP) is 3.93. The average Bonchev–Trinajstić information content (AvgIpc) is 2.21. The SMILES string of the molecule is C1=CCC(CC2=CCC=CC2)=CC1. The lowest BCUT2D eigenvalue weighted by Gasteiger charge is -2.12. The number of allylic oxidation sites excluding steroid dienone is 8. The van der Waals surface area contributed by atoms with Crippen LogP contribution < -0.4 is 0 Å². The van der Waals surface area contributed by atoms with E-state index in [1.54, 1.807) is 11.1 Å². The van der Waals surface area contributed by atoms with Gasteiger partial charge < -0.3 is 0 Å². The van der Waals surface area contributed by atoms with Crippen LogP contribution in [-0.2, 0) is 0 Å². The summed E-state index contributed by atoms with van der Waals surface area (Å²) in [5.41, 5.74) is 3.20. The maximum absolute atomic E-state index is 2.37.